The van der Waals surface area contributed by atoms with Crippen LogP contribution in [0.2, 0.25) is 0 Å². The van der Waals surface area contributed by atoms with E-state index >= 15 is 0 Å². The summed E-state index contributed by atoms with van der Waals surface area (Å²) in [5.41, 5.74) is 0.942. The molecule has 2 unspecified atom stereocenters. The third-order valence-electron chi connectivity index (χ3n) is 5.74. The number of aromatic nitrogens is 2. The molecule has 2 aliphatic rings. The van der Waals surface area contributed by atoms with Crippen molar-refractivity contribution >= 4 is 17.6 Å². The van der Waals surface area contributed by atoms with Gasteiger partial charge in [0.25, 0.3) is 5.91 Å². The fourth-order valence-corrected chi connectivity index (χ4v) is 4.38. The Morgan fingerprint density at radius 1 is 1.22 bits per heavy atom. The normalized spacial score (nSPS) is 25.0. The van der Waals surface area contributed by atoms with E-state index in [1.807, 2.05) is 30.0 Å². The summed E-state index contributed by atoms with van der Waals surface area (Å²) in [6, 6.07) is 11.1. The quantitative estimate of drug-likeness (QED) is 0.909. The molecule has 2 amide bonds. The first kappa shape index (κ1) is 17.6. The fraction of sp³-hybridized carbons (Fsp3) is 0.429. The number of aryl methyl sites for hydroxylation is 1. The van der Waals surface area contributed by atoms with Gasteiger partial charge < -0.3 is 5.32 Å². The summed E-state index contributed by atoms with van der Waals surface area (Å²) in [5, 5.41) is 3.08. The molecule has 3 heterocycles. The van der Waals surface area contributed by atoms with E-state index in [0.29, 0.717) is 18.7 Å². The Morgan fingerprint density at radius 2 is 2.11 bits per heavy atom. The van der Waals surface area contributed by atoms with Gasteiger partial charge in [-0.3, -0.25) is 19.5 Å². The molecule has 2 aromatic heterocycles. The average molecular weight is 364 g/mol. The van der Waals surface area contributed by atoms with E-state index in [-0.39, 0.29) is 23.3 Å². The van der Waals surface area contributed by atoms with Crippen LogP contribution in [-0.4, -0.2) is 34.4 Å². The van der Waals surface area contributed by atoms with Gasteiger partial charge in [-0.05, 0) is 56.9 Å². The molecule has 2 fully saturated rings. The zero-order valence-corrected chi connectivity index (χ0v) is 15.5. The summed E-state index contributed by atoms with van der Waals surface area (Å²) in [6.07, 6.45) is 5.84. The minimum absolute atomic E-state index is 0.00243. The smallest absolute Gasteiger partial charge is 0.270 e. The molecular weight excluding hydrogens is 340 g/mol. The van der Waals surface area contributed by atoms with Crippen LogP contribution in [0.1, 0.15) is 48.3 Å². The Bertz CT molecular complexity index is 854. The molecule has 1 saturated carbocycles. The maximum atomic E-state index is 13.3. The minimum atomic E-state index is -0.383. The van der Waals surface area contributed by atoms with E-state index in [0.717, 1.165) is 37.2 Å². The van der Waals surface area contributed by atoms with E-state index in [2.05, 4.69) is 15.3 Å². The number of hydrogen-bond acceptors (Lipinski definition) is 4. The van der Waals surface area contributed by atoms with E-state index in [9.17, 15) is 9.59 Å². The van der Waals surface area contributed by atoms with Crippen molar-refractivity contribution < 1.29 is 9.59 Å². The van der Waals surface area contributed by atoms with Crippen LogP contribution in [0.5, 0.6) is 0 Å². The van der Waals surface area contributed by atoms with Gasteiger partial charge in [-0.15, -0.1) is 0 Å². The monoisotopic (exact) mass is 364 g/mol. The van der Waals surface area contributed by atoms with E-state index in [1.165, 1.54) is 0 Å². The molecule has 0 bridgehead atoms. The number of carbonyl (C=O) groups excluding carboxylic acids is 2. The molecule has 1 N–H and O–H groups in total. The molecule has 6 heteroatoms. The van der Waals surface area contributed by atoms with Gasteiger partial charge in [0.2, 0.25) is 5.91 Å². The topological polar surface area (TPSA) is 75.2 Å². The first-order valence-electron chi connectivity index (χ1n) is 9.55. The maximum Gasteiger partial charge on any atom is 0.270 e. The van der Waals surface area contributed by atoms with Crippen LogP contribution < -0.4 is 10.2 Å². The van der Waals surface area contributed by atoms with Gasteiger partial charge in [0, 0.05) is 24.5 Å². The van der Waals surface area contributed by atoms with Crippen molar-refractivity contribution in [3.63, 3.8) is 0 Å². The van der Waals surface area contributed by atoms with Crippen molar-refractivity contribution in [3.05, 3.63) is 54.0 Å². The number of rotatable bonds is 3. The standard InChI is InChI=1S/C21H24N4O2/c1-15-6-4-9-18(23-15)25-13-11-21(20(25)27)10-5-7-16(14-21)24-19(26)17-8-2-3-12-22-17/h2-4,6,8-9,12,16H,5,7,10-11,13-14H2,1H3,(H,24,26). The van der Waals surface area contributed by atoms with Crippen LogP contribution in [0.3, 0.4) is 0 Å². The van der Waals surface area contributed by atoms with E-state index in [1.54, 1.807) is 24.4 Å². The minimum Gasteiger partial charge on any atom is -0.348 e. The lowest BCUT2D eigenvalue weighted by atomic mass is 9.71. The van der Waals surface area contributed by atoms with E-state index in [4.69, 9.17) is 0 Å². The second-order valence-corrected chi connectivity index (χ2v) is 7.61. The van der Waals surface area contributed by atoms with Crippen molar-refractivity contribution in [1.29, 1.82) is 0 Å². The zero-order valence-electron chi connectivity index (χ0n) is 15.5. The predicted molar refractivity (Wildman–Crippen MR) is 102 cm³/mol. The molecular formula is C21H24N4O2. The second-order valence-electron chi connectivity index (χ2n) is 7.61. The van der Waals surface area contributed by atoms with Crippen LogP contribution in [-0.2, 0) is 4.79 Å². The fourth-order valence-electron chi connectivity index (χ4n) is 4.38. The highest BCUT2D eigenvalue weighted by molar-refractivity contribution is 5.99. The summed E-state index contributed by atoms with van der Waals surface area (Å²) in [6.45, 7) is 2.62. The zero-order chi connectivity index (χ0) is 18.9. The number of pyridine rings is 2. The molecule has 0 aromatic carbocycles. The Hall–Kier alpha value is -2.76. The van der Waals surface area contributed by atoms with Crippen LogP contribution in [0.15, 0.2) is 42.6 Å². The summed E-state index contributed by atoms with van der Waals surface area (Å²) in [4.78, 5) is 36.1. The van der Waals surface area contributed by atoms with Crippen LogP contribution in [0.25, 0.3) is 0 Å². The Labute approximate surface area is 159 Å². The number of carbonyl (C=O) groups is 2. The number of anilines is 1. The molecule has 140 valence electrons. The molecule has 1 aliphatic carbocycles. The third-order valence-corrected chi connectivity index (χ3v) is 5.74. The highest BCUT2D eigenvalue weighted by atomic mass is 16.2. The Kier molecular flexibility index (Phi) is 4.64. The van der Waals surface area contributed by atoms with Crippen molar-refractivity contribution in [2.45, 2.75) is 45.1 Å². The van der Waals surface area contributed by atoms with Gasteiger partial charge in [-0.1, -0.05) is 18.6 Å². The molecule has 4 rings (SSSR count). The van der Waals surface area contributed by atoms with Gasteiger partial charge >= 0.3 is 0 Å². The van der Waals surface area contributed by atoms with Gasteiger partial charge in [0.05, 0.1) is 5.41 Å². The Morgan fingerprint density at radius 3 is 2.89 bits per heavy atom. The SMILES string of the molecule is Cc1cccc(N2CCC3(CCCC(NC(=O)c4ccccn4)C3)C2=O)n1. The van der Waals surface area contributed by atoms with Gasteiger partial charge in [0.1, 0.15) is 11.5 Å². The van der Waals surface area contributed by atoms with Gasteiger partial charge in [-0.2, -0.15) is 0 Å². The van der Waals surface area contributed by atoms with E-state index < -0.39 is 0 Å². The van der Waals surface area contributed by atoms with Crippen molar-refractivity contribution in [3.8, 4) is 0 Å². The number of nitrogens with zero attached hydrogens (tertiary/aromatic N) is 3. The highest BCUT2D eigenvalue weighted by Crippen LogP contribution is 2.45. The lowest BCUT2D eigenvalue weighted by Gasteiger charge is -2.36. The molecule has 2 aromatic rings. The van der Waals surface area contributed by atoms with Crippen molar-refractivity contribution in [2.24, 2.45) is 5.41 Å². The Balaban J connectivity index is 1.47. The summed E-state index contributed by atoms with van der Waals surface area (Å²) >= 11 is 0. The molecule has 1 saturated heterocycles. The number of nitrogens with one attached hydrogen (secondary N) is 1. The first-order chi connectivity index (χ1) is 13.1. The van der Waals surface area contributed by atoms with Crippen LogP contribution in [0, 0.1) is 12.3 Å². The van der Waals surface area contributed by atoms with Gasteiger partial charge in [-0.25, -0.2) is 4.98 Å². The molecule has 0 radical (unpaired) electrons. The second kappa shape index (κ2) is 7.10. The predicted octanol–water partition coefficient (Wildman–Crippen LogP) is 2.88. The summed E-state index contributed by atoms with van der Waals surface area (Å²) in [5.74, 6) is 0.717. The largest absolute Gasteiger partial charge is 0.348 e. The molecule has 1 aliphatic heterocycles. The highest BCUT2D eigenvalue weighted by Gasteiger charge is 2.50. The summed E-state index contributed by atoms with van der Waals surface area (Å²) in [7, 11) is 0. The van der Waals surface area contributed by atoms with Crippen LogP contribution in [0.4, 0.5) is 5.82 Å². The number of hydrogen-bond donors (Lipinski definition) is 1. The van der Waals surface area contributed by atoms with Gasteiger partial charge in [0.15, 0.2) is 0 Å². The molecule has 6 nitrogen and oxygen atoms in total. The number of amides is 2. The lowest BCUT2D eigenvalue weighted by molar-refractivity contribution is -0.127. The first-order valence-corrected chi connectivity index (χ1v) is 9.55. The summed E-state index contributed by atoms with van der Waals surface area (Å²) < 4.78 is 0. The molecule has 1 spiro atoms. The third kappa shape index (κ3) is 3.44. The lowest BCUT2D eigenvalue weighted by Crippen LogP contribution is -2.46. The van der Waals surface area contributed by atoms with Crippen LogP contribution >= 0.6 is 0 Å². The maximum absolute atomic E-state index is 13.3. The molecule has 27 heavy (non-hydrogen) atoms. The average Bonchev–Trinajstić information content (AvgIpc) is 2.98. The van der Waals surface area contributed by atoms with Crippen molar-refractivity contribution in [1.82, 2.24) is 15.3 Å². The van der Waals surface area contributed by atoms with Crippen molar-refractivity contribution in [2.75, 3.05) is 11.4 Å². The molecule has 2 atom stereocenters.